The van der Waals surface area contributed by atoms with Gasteiger partial charge in [-0.15, -0.1) is 0 Å². The van der Waals surface area contributed by atoms with E-state index < -0.39 is 55.8 Å². The SMILES string of the molecule is [O]=[Ti]([OH])[OH].[O]=[Ti]([OH])[OH].[O]=[Ti]([OH])[OH]. The zero-order chi connectivity index (χ0) is 10.7. The third kappa shape index (κ3) is 707. The maximum absolute atomic E-state index is 8.81. The van der Waals surface area contributed by atoms with E-state index in [-0.39, 0.29) is 0 Å². The minimum atomic E-state index is -3.58. The molecule has 12 heavy (non-hydrogen) atoms. The summed E-state index contributed by atoms with van der Waals surface area (Å²) in [5, 5.41) is 0. The standard InChI is InChI=1S/6H2O.3O.3Ti/h6*1H2;;;;;;/q;;;;;;;;;3*+2/p-6. The van der Waals surface area contributed by atoms with Gasteiger partial charge in [0.2, 0.25) is 0 Å². The molecule has 0 heterocycles. The fourth-order valence-electron chi connectivity index (χ4n) is 0. The van der Waals surface area contributed by atoms with Gasteiger partial charge in [-0.05, 0) is 0 Å². The summed E-state index contributed by atoms with van der Waals surface area (Å²) in [7, 11) is 0. The van der Waals surface area contributed by atoms with Crippen molar-refractivity contribution < 1.29 is 88.0 Å². The van der Waals surface area contributed by atoms with E-state index in [1.54, 1.807) is 0 Å². The van der Waals surface area contributed by atoms with Gasteiger partial charge in [-0.2, -0.15) is 0 Å². The number of rotatable bonds is 0. The summed E-state index contributed by atoms with van der Waals surface area (Å²) >= 11 is -10.8. The van der Waals surface area contributed by atoms with E-state index >= 15 is 0 Å². The zero-order valence-corrected chi connectivity index (χ0v) is 10.1. The molecule has 0 unspecified atom stereocenters. The van der Waals surface area contributed by atoms with Gasteiger partial charge in [-0.3, -0.25) is 0 Å². The van der Waals surface area contributed by atoms with Gasteiger partial charge < -0.3 is 0 Å². The molecule has 0 aliphatic heterocycles. The van der Waals surface area contributed by atoms with Gasteiger partial charge in [0.25, 0.3) is 0 Å². The molecule has 0 aromatic heterocycles. The Kier molecular flexibility index (Phi) is 23.4. The van der Waals surface area contributed by atoms with Gasteiger partial charge in [-0.1, -0.05) is 0 Å². The molecule has 0 radical (unpaired) electrons. The fraction of sp³-hybridized carbons (Fsp3) is 0. The van der Waals surface area contributed by atoms with Gasteiger partial charge >= 0.3 is 88.0 Å². The monoisotopic (exact) mass is 294 g/mol. The van der Waals surface area contributed by atoms with Gasteiger partial charge in [0.05, 0.1) is 0 Å². The first kappa shape index (κ1) is 19.0. The molecule has 9 nitrogen and oxygen atoms in total. The van der Waals surface area contributed by atoms with Crippen molar-refractivity contribution in [1.82, 2.24) is 0 Å². The van der Waals surface area contributed by atoms with E-state index in [4.69, 9.17) is 32.1 Å². The van der Waals surface area contributed by atoms with Crippen LogP contribution in [0.4, 0.5) is 0 Å². The fourth-order valence-corrected chi connectivity index (χ4v) is 0. The van der Waals surface area contributed by atoms with E-state index in [0.717, 1.165) is 0 Å². The molecule has 0 fully saturated rings. The molecular formula is H6O9Ti3. The van der Waals surface area contributed by atoms with Crippen LogP contribution in [-0.2, 0) is 65.8 Å². The quantitative estimate of drug-likeness (QED) is 0.246. The van der Waals surface area contributed by atoms with E-state index in [9.17, 15) is 0 Å². The third-order valence-electron chi connectivity index (χ3n) is 0. The Balaban J connectivity index is -0.000000101. The van der Waals surface area contributed by atoms with Crippen LogP contribution >= 0.6 is 0 Å². The predicted molar refractivity (Wildman–Crippen MR) is 15.4 cm³/mol. The van der Waals surface area contributed by atoms with Crippen molar-refractivity contribution in [3.63, 3.8) is 0 Å². The maximum atomic E-state index is 8.81. The summed E-state index contributed by atoms with van der Waals surface area (Å²) in [6.07, 6.45) is 0. The first-order valence-corrected chi connectivity index (χ1v) is 8.06. The summed E-state index contributed by atoms with van der Waals surface area (Å²) in [4.78, 5) is 0. The average Bonchev–Trinajstić information content (AvgIpc) is 1.54. The van der Waals surface area contributed by atoms with Crippen molar-refractivity contribution in [3.8, 4) is 0 Å². The molecule has 6 N–H and O–H groups in total. The third-order valence-corrected chi connectivity index (χ3v) is 0. The van der Waals surface area contributed by atoms with Crippen LogP contribution in [0.25, 0.3) is 0 Å². The van der Waals surface area contributed by atoms with Gasteiger partial charge in [-0.25, -0.2) is 0 Å². The molecule has 0 aliphatic carbocycles. The molecule has 0 saturated carbocycles. The molecule has 0 bridgehead atoms. The van der Waals surface area contributed by atoms with Gasteiger partial charge in [0.1, 0.15) is 0 Å². The van der Waals surface area contributed by atoms with Crippen LogP contribution < -0.4 is 0 Å². The van der Waals surface area contributed by atoms with E-state index in [2.05, 4.69) is 0 Å². The molecule has 72 valence electrons. The second-order valence-corrected chi connectivity index (χ2v) is 3.50. The van der Waals surface area contributed by atoms with Crippen LogP contribution in [0.1, 0.15) is 0 Å². The first-order valence-electron chi connectivity index (χ1n) is 1.95. The normalized spacial score (nSPS) is 6.50. The second kappa shape index (κ2) is 14.8. The first-order chi connectivity index (χ1) is 5.20. The van der Waals surface area contributed by atoms with Crippen molar-refractivity contribution in [2.45, 2.75) is 0 Å². The van der Waals surface area contributed by atoms with Crippen molar-refractivity contribution >= 4 is 0 Å². The van der Waals surface area contributed by atoms with Crippen LogP contribution in [0.2, 0.25) is 0 Å². The van der Waals surface area contributed by atoms with Crippen LogP contribution in [0, 0.1) is 0 Å². The van der Waals surface area contributed by atoms with E-state index in [0.29, 0.717) is 0 Å². The summed E-state index contributed by atoms with van der Waals surface area (Å²) in [6.45, 7) is 0. The van der Waals surface area contributed by atoms with Crippen LogP contribution in [0.5, 0.6) is 0 Å². The van der Waals surface area contributed by atoms with E-state index in [1.165, 1.54) is 0 Å². The van der Waals surface area contributed by atoms with Crippen LogP contribution in [0.15, 0.2) is 0 Å². The molecule has 0 saturated heterocycles. The van der Waals surface area contributed by atoms with Crippen LogP contribution in [-0.4, -0.2) is 22.1 Å². The molecule has 0 aliphatic rings. The van der Waals surface area contributed by atoms with Crippen molar-refractivity contribution in [3.05, 3.63) is 0 Å². The Labute approximate surface area is 87.2 Å². The molecule has 12 heteroatoms. The average molecular weight is 294 g/mol. The molecule has 0 spiro atoms. The second-order valence-electron chi connectivity index (χ2n) is 0.848. The van der Waals surface area contributed by atoms with Crippen LogP contribution in [0.3, 0.4) is 0 Å². The molecule has 0 aromatic rings. The topological polar surface area (TPSA) is 173 Å². The molecule has 0 aromatic carbocycles. The summed E-state index contributed by atoms with van der Waals surface area (Å²) in [5.74, 6) is 0. The number of hydrogen-bond donors (Lipinski definition) is 6. The molecule has 0 amide bonds. The van der Waals surface area contributed by atoms with Gasteiger partial charge in [0, 0.05) is 0 Å². The molecule has 0 atom stereocenters. The Morgan fingerprint density at radius 3 is 0.500 bits per heavy atom. The minimum absolute atomic E-state index is 3.58. The van der Waals surface area contributed by atoms with E-state index in [1.807, 2.05) is 0 Å². The van der Waals surface area contributed by atoms with Crippen molar-refractivity contribution in [1.29, 1.82) is 0 Å². The Hall–Kier alpha value is 1.30. The van der Waals surface area contributed by atoms with Gasteiger partial charge in [0.15, 0.2) is 0 Å². The van der Waals surface area contributed by atoms with Crippen molar-refractivity contribution in [2.75, 3.05) is 0 Å². The molecular weight excluding hydrogens is 288 g/mol. The Morgan fingerprint density at radius 2 is 0.500 bits per heavy atom. The Bertz CT molecular complexity index is 107. The zero-order valence-electron chi connectivity index (χ0n) is 5.41. The number of hydrogen-bond acceptors (Lipinski definition) is 3. The predicted octanol–water partition coefficient (Wildman–Crippen LogP) is -3.71. The summed E-state index contributed by atoms with van der Waals surface area (Å²) in [5.41, 5.74) is 0. The summed E-state index contributed by atoms with van der Waals surface area (Å²) < 4.78 is 69.8. The van der Waals surface area contributed by atoms with Crippen molar-refractivity contribution in [2.24, 2.45) is 0 Å². The molecule has 0 rings (SSSR count). The summed E-state index contributed by atoms with van der Waals surface area (Å²) in [6, 6.07) is 0. The Morgan fingerprint density at radius 1 is 0.500 bits per heavy atom.